The van der Waals surface area contributed by atoms with Crippen LogP contribution < -0.4 is 26.8 Å². The minimum atomic E-state index is -0.744. The molecule has 0 aliphatic carbocycles. The second kappa shape index (κ2) is 8.10. The van der Waals surface area contributed by atoms with Crippen molar-refractivity contribution in [2.24, 2.45) is 11.5 Å². The van der Waals surface area contributed by atoms with Crippen molar-refractivity contribution in [3.8, 4) is 5.88 Å². The van der Waals surface area contributed by atoms with Crippen molar-refractivity contribution < 1.29 is 14.3 Å². The Labute approximate surface area is 150 Å². The van der Waals surface area contributed by atoms with Gasteiger partial charge in [0.05, 0.1) is 25.2 Å². The van der Waals surface area contributed by atoms with E-state index in [2.05, 4.69) is 25.6 Å². The number of hydrogen-bond donors (Lipinski definition) is 4. The van der Waals surface area contributed by atoms with Crippen LogP contribution in [-0.2, 0) is 4.79 Å². The van der Waals surface area contributed by atoms with Crippen LogP contribution in [0.1, 0.15) is 29.4 Å². The summed E-state index contributed by atoms with van der Waals surface area (Å²) in [5.41, 5.74) is 12.0. The molecule has 0 saturated carbocycles. The maximum atomic E-state index is 11.6. The molecule has 0 fully saturated rings. The molecule has 0 bridgehead atoms. The summed E-state index contributed by atoms with van der Waals surface area (Å²) in [6.45, 7) is 3.63. The maximum Gasteiger partial charge on any atom is 0.271 e. The van der Waals surface area contributed by atoms with Crippen LogP contribution in [0.4, 0.5) is 17.3 Å². The number of methoxy groups -OCH3 is 1. The number of hydrogen-bond acceptors (Lipinski definition) is 8. The topological polar surface area (TPSA) is 158 Å². The van der Waals surface area contributed by atoms with Crippen LogP contribution in [0.15, 0.2) is 18.5 Å². The number of primary amides is 2. The van der Waals surface area contributed by atoms with Crippen LogP contribution in [-0.4, -0.2) is 39.9 Å². The van der Waals surface area contributed by atoms with E-state index in [1.165, 1.54) is 19.5 Å². The molecule has 0 spiro atoms. The van der Waals surface area contributed by atoms with Crippen molar-refractivity contribution in [1.29, 1.82) is 0 Å². The third-order valence-electron chi connectivity index (χ3n) is 3.57. The fourth-order valence-corrected chi connectivity index (χ4v) is 2.26. The Balaban J connectivity index is 2.35. The smallest absolute Gasteiger partial charge is 0.271 e. The predicted octanol–water partition coefficient (Wildman–Crippen LogP) is 0.707. The first-order chi connectivity index (χ1) is 12.3. The van der Waals surface area contributed by atoms with Crippen molar-refractivity contribution in [2.45, 2.75) is 26.3 Å². The molecule has 10 nitrogen and oxygen atoms in total. The monoisotopic (exact) mass is 359 g/mol. The highest BCUT2D eigenvalue weighted by molar-refractivity contribution is 5.96. The molecule has 0 aliphatic rings. The van der Waals surface area contributed by atoms with E-state index in [4.69, 9.17) is 16.2 Å². The molecule has 2 aromatic heterocycles. The predicted molar refractivity (Wildman–Crippen MR) is 96.3 cm³/mol. The van der Waals surface area contributed by atoms with Gasteiger partial charge in [0.25, 0.3) is 5.91 Å². The minimum absolute atomic E-state index is 0.0452. The number of amides is 2. The molecule has 2 heterocycles. The number of anilines is 3. The van der Waals surface area contributed by atoms with E-state index in [-0.39, 0.29) is 17.3 Å². The van der Waals surface area contributed by atoms with Crippen molar-refractivity contribution in [2.75, 3.05) is 17.7 Å². The highest BCUT2D eigenvalue weighted by Gasteiger charge is 2.17. The lowest BCUT2D eigenvalue weighted by Gasteiger charge is -2.16. The van der Waals surface area contributed by atoms with Gasteiger partial charge in [-0.1, -0.05) is 6.92 Å². The van der Waals surface area contributed by atoms with E-state index in [0.29, 0.717) is 18.0 Å². The lowest BCUT2D eigenvalue weighted by atomic mass is 10.2. The average molecular weight is 359 g/mol. The maximum absolute atomic E-state index is 11.6. The second-order valence-corrected chi connectivity index (χ2v) is 5.50. The number of nitrogens with one attached hydrogen (secondary N) is 2. The summed E-state index contributed by atoms with van der Waals surface area (Å²) in [6.07, 6.45) is 3.31. The summed E-state index contributed by atoms with van der Waals surface area (Å²) in [6, 6.07) is 1.16. The zero-order valence-corrected chi connectivity index (χ0v) is 14.7. The van der Waals surface area contributed by atoms with Gasteiger partial charge in [0.2, 0.25) is 11.8 Å². The SMILES string of the molecule is CCC(Nc1cnc(C(N)=O)c(Nc2cnc(OC)c(C)c2)n1)C(N)=O. The van der Waals surface area contributed by atoms with Crippen LogP contribution in [0, 0.1) is 6.92 Å². The zero-order chi connectivity index (χ0) is 19.3. The Morgan fingerprint density at radius 2 is 2.00 bits per heavy atom. The Morgan fingerprint density at radius 3 is 2.54 bits per heavy atom. The zero-order valence-electron chi connectivity index (χ0n) is 14.7. The summed E-state index contributed by atoms with van der Waals surface area (Å²) in [4.78, 5) is 35.5. The molecular formula is C16H21N7O3. The van der Waals surface area contributed by atoms with Gasteiger partial charge in [-0.3, -0.25) is 9.59 Å². The van der Waals surface area contributed by atoms with Crippen LogP contribution in [0.2, 0.25) is 0 Å². The third-order valence-corrected chi connectivity index (χ3v) is 3.57. The van der Waals surface area contributed by atoms with Crippen molar-refractivity contribution in [1.82, 2.24) is 15.0 Å². The number of nitrogens with zero attached hydrogens (tertiary/aromatic N) is 3. The summed E-state index contributed by atoms with van der Waals surface area (Å²) in [5.74, 6) is -0.363. The first-order valence-electron chi connectivity index (χ1n) is 7.86. The Kier molecular flexibility index (Phi) is 5.89. The van der Waals surface area contributed by atoms with Crippen LogP contribution in [0.25, 0.3) is 0 Å². The van der Waals surface area contributed by atoms with E-state index in [1.54, 1.807) is 13.0 Å². The summed E-state index contributed by atoms with van der Waals surface area (Å²) >= 11 is 0. The lowest BCUT2D eigenvalue weighted by Crippen LogP contribution is -2.35. The number of carbonyl (C=O) groups is 2. The van der Waals surface area contributed by atoms with Gasteiger partial charge in [0, 0.05) is 5.56 Å². The molecule has 26 heavy (non-hydrogen) atoms. The number of aromatic nitrogens is 3. The Hall–Kier alpha value is -3.43. The van der Waals surface area contributed by atoms with Crippen LogP contribution in [0.5, 0.6) is 5.88 Å². The first kappa shape index (κ1) is 18.9. The van der Waals surface area contributed by atoms with Gasteiger partial charge in [-0.05, 0) is 19.4 Å². The van der Waals surface area contributed by atoms with Crippen molar-refractivity contribution in [3.63, 3.8) is 0 Å². The highest BCUT2D eigenvalue weighted by atomic mass is 16.5. The summed E-state index contributed by atoms with van der Waals surface area (Å²) in [7, 11) is 1.52. The van der Waals surface area contributed by atoms with E-state index in [1.807, 2.05) is 6.92 Å². The Morgan fingerprint density at radius 1 is 1.27 bits per heavy atom. The third kappa shape index (κ3) is 4.35. The molecular weight excluding hydrogens is 338 g/mol. The molecule has 0 saturated heterocycles. The number of rotatable bonds is 8. The molecule has 0 aliphatic heterocycles. The molecule has 0 radical (unpaired) electrons. The van der Waals surface area contributed by atoms with E-state index in [0.717, 1.165) is 5.56 Å². The van der Waals surface area contributed by atoms with Crippen molar-refractivity contribution in [3.05, 3.63) is 29.7 Å². The fourth-order valence-electron chi connectivity index (χ4n) is 2.26. The van der Waals surface area contributed by atoms with Gasteiger partial charge < -0.3 is 26.8 Å². The van der Waals surface area contributed by atoms with Gasteiger partial charge in [-0.25, -0.2) is 15.0 Å². The molecule has 10 heteroatoms. The average Bonchev–Trinajstić information content (AvgIpc) is 2.59. The van der Waals surface area contributed by atoms with Gasteiger partial charge in [0.15, 0.2) is 11.5 Å². The summed E-state index contributed by atoms with van der Waals surface area (Å²) < 4.78 is 5.12. The fraction of sp³-hybridized carbons (Fsp3) is 0.312. The molecule has 1 unspecified atom stereocenters. The van der Waals surface area contributed by atoms with Gasteiger partial charge in [0.1, 0.15) is 11.9 Å². The second-order valence-electron chi connectivity index (χ2n) is 5.50. The number of pyridine rings is 1. The molecule has 138 valence electrons. The molecule has 2 rings (SSSR count). The van der Waals surface area contributed by atoms with Gasteiger partial charge in [-0.15, -0.1) is 0 Å². The van der Waals surface area contributed by atoms with Crippen LogP contribution in [0.3, 0.4) is 0 Å². The number of aryl methyl sites for hydroxylation is 1. The van der Waals surface area contributed by atoms with E-state index < -0.39 is 17.9 Å². The summed E-state index contributed by atoms with van der Waals surface area (Å²) in [5, 5.41) is 5.83. The first-order valence-corrected chi connectivity index (χ1v) is 7.86. The molecule has 2 amide bonds. The number of ether oxygens (including phenoxy) is 1. The molecule has 0 aromatic carbocycles. The number of nitrogens with two attached hydrogens (primary N) is 2. The van der Waals surface area contributed by atoms with E-state index >= 15 is 0 Å². The molecule has 1 atom stereocenters. The largest absolute Gasteiger partial charge is 0.481 e. The van der Waals surface area contributed by atoms with Gasteiger partial charge in [-0.2, -0.15) is 0 Å². The van der Waals surface area contributed by atoms with Gasteiger partial charge >= 0.3 is 0 Å². The standard InChI is InChI=1S/C16H21N7O3/c1-4-10(13(17)24)22-11-7-19-12(14(18)25)15(23-11)21-9-5-8(2)16(26-3)20-6-9/h5-7,10H,4H2,1-3H3,(H2,17,24)(H2,18,25)(H2,21,22,23). The molecule has 2 aromatic rings. The minimum Gasteiger partial charge on any atom is -0.481 e. The van der Waals surface area contributed by atoms with Crippen LogP contribution >= 0.6 is 0 Å². The quantitative estimate of drug-likeness (QED) is 0.536. The Bertz CT molecular complexity index is 825. The van der Waals surface area contributed by atoms with Crippen molar-refractivity contribution >= 4 is 29.1 Å². The van der Waals surface area contributed by atoms with E-state index in [9.17, 15) is 9.59 Å². The number of carbonyl (C=O) groups excluding carboxylic acids is 2. The molecule has 6 N–H and O–H groups in total. The highest BCUT2D eigenvalue weighted by Crippen LogP contribution is 2.23. The normalized spacial score (nSPS) is 11.5. The lowest BCUT2D eigenvalue weighted by molar-refractivity contribution is -0.118.